The van der Waals surface area contributed by atoms with Crippen LogP contribution in [0.5, 0.6) is 0 Å². The minimum Gasteiger partial charge on any atom is -0.363 e. The smallest absolute Gasteiger partial charge is 0.279 e. The first kappa shape index (κ1) is 16.1. The van der Waals surface area contributed by atoms with Crippen LogP contribution in [-0.4, -0.2) is 34.2 Å². The van der Waals surface area contributed by atoms with Gasteiger partial charge in [-0.3, -0.25) is 14.5 Å². The van der Waals surface area contributed by atoms with Crippen LogP contribution in [0.1, 0.15) is 38.2 Å². The zero-order valence-electron chi connectivity index (χ0n) is 13.3. The van der Waals surface area contributed by atoms with E-state index in [0.717, 1.165) is 37.8 Å². The van der Waals surface area contributed by atoms with Gasteiger partial charge in [-0.1, -0.05) is 48.9 Å². The van der Waals surface area contributed by atoms with Crippen molar-refractivity contribution in [1.29, 1.82) is 0 Å². The number of nitrogens with zero attached hydrogens (tertiary/aromatic N) is 2. The lowest BCUT2D eigenvalue weighted by Gasteiger charge is -2.37. The normalized spacial score (nSPS) is 22.3. The molecule has 1 atom stereocenters. The zero-order valence-corrected chi connectivity index (χ0v) is 14.1. The first-order chi connectivity index (χ1) is 11.1. The maximum absolute atomic E-state index is 12.8. The molecule has 1 saturated heterocycles. The molecule has 0 bridgehead atoms. The minimum atomic E-state index is -0.379. The van der Waals surface area contributed by atoms with E-state index in [4.69, 9.17) is 11.6 Å². The molecule has 1 unspecified atom stereocenters. The number of halogens is 1. The summed E-state index contributed by atoms with van der Waals surface area (Å²) in [6.07, 6.45) is 4.19. The van der Waals surface area contributed by atoms with Crippen molar-refractivity contribution in [2.24, 2.45) is 0 Å². The predicted molar refractivity (Wildman–Crippen MR) is 89.5 cm³/mol. The summed E-state index contributed by atoms with van der Waals surface area (Å²) in [5, 5.41) is 0.0753. The molecule has 0 spiro atoms. The van der Waals surface area contributed by atoms with Crippen molar-refractivity contribution in [3.63, 3.8) is 0 Å². The highest BCUT2D eigenvalue weighted by atomic mass is 35.5. The Labute approximate surface area is 141 Å². The van der Waals surface area contributed by atoms with Gasteiger partial charge in [0.2, 0.25) is 0 Å². The molecule has 2 aliphatic rings. The molecule has 2 heterocycles. The number of hydrogen-bond acceptors (Lipinski definition) is 3. The average molecular weight is 333 g/mol. The molecule has 0 N–H and O–H groups in total. The summed E-state index contributed by atoms with van der Waals surface area (Å²) in [5.41, 5.74) is 1.32. The highest BCUT2D eigenvalue weighted by molar-refractivity contribution is 6.47. The van der Waals surface area contributed by atoms with Crippen LogP contribution in [0.2, 0.25) is 0 Å². The van der Waals surface area contributed by atoms with E-state index < -0.39 is 0 Å². The van der Waals surface area contributed by atoms with Crippen molar-refractivity contribution in [1.82, 2.24) is 9.80 Å². The third-order valence-electron chi connectivity index (χ3n) is 4.66. The second kappa shape index (κ2) is 6.75. The van der Waals surface area contributed by atoms with Crippen LogP contribution < -0.4 is 0 Å². The first-order valence-corrected chi connectivity index (χ1v) is 8.57. The Kier molecular flexibility index (Phi) is 4.71. The highest BCUT2D eigenvalue weighted by Crippen LogP contribution is 2.33. The number of carbonyl (C=O) groups excluding carboxylic acids is 2. The van der Waals surface area contributed by atoms with Gasteiger partial charge < -0.3 is 4.90 Å². The lowest BCUT2D eigenvalue weighted by atomic mass is 9.99. The first-order valence-electron chi connectivity index (χ1n) is 8.20. The Hall–Kier alpha value is -1.81. The number of rotatable bonds is 4. The minimum absolute atomic E-state index is 0.0753. The fourth-order valence-corrected chi connectivity index (χ4v) is 3.70. The lowest BCUT2D eigenvalue weighted by Crippen LogP contribution is -2.42. The van der Waals surface area contributed by atoms with Gasteiger partial charge in [0.15, 0.2) is 0 Å². The number of benzene rings is 1. The van der Waals surface area contributed by atoms with E-state index in [0.29, 0.717) is 11.7 Å². The monoisotopic (exact) mass is 332 g/mol. The molecule has 122 valence electrons. The van der Waals surface area contributed by atoms with Crippen molar-refractivity contribution in [3.05, 3.63) is 46.6 Å². The molecule has 0 aromatic heterocycles. The van der Waals surface area contributed by atoms with Crippen LogP contribution in [0.25, 0.3) is 0 Å². The molecular formula is C18H21ClN2O2. The van der Waals surface area contributed by atoms with Crippen molar-refractivity contribution in [2.75, 3.05) is 6.54 Å². The molecular weight excluding hydrogens is 312 g/mol. The molecule has 23 heavy (non-hydrogen) atoms. The summed E-state index contributed by atoms with van der Waals surface area (Å²) >= 11 is 6.27. The van der Waals surface area contributed by atoms with Gasteiger partial charge in [-0.15, -0.1) is 0 Å². The van der Waals surface area contributed by atoms with Gasteiger partial charge in [-0.25, -0.2) is 0 Å². The van der Waals surface area contributed by atoms with Crippen molar-refractivity contribution in [3.8, 4) is 0 Å². The standard InChI is InChI=1S/C18H21ClN2O2/c1-2-14-10-6-7-11-20(14)16-15(19)17(22)21(18(16)23)12-13-8-4-3-5-9-13/h3-5,8-9,14H,2,6-7,10-12H2,1H3. The van der Waals surface area contributed by atoms with Gasteiger partial charge in [-0.05, 0) is 31.2 Å². The van der Waals surface area contributed by atoms with Gasteiger partial charge in [0.1, 0.15) is 10.7 Å². The number of hydrogen-bond donors (Lipinski definition) is 0. The number of amides is 2. The molecule has 1 aromatic rings. The SMILES string of the molecule is CCC1CCCCN1C1=C(Cl)C(=O)N(Cc2ccccc2)C1=O. The van der Waals surface area contributed by atoms with E-state index in [2.05, 4.69) is 11.8 Å². The van der Waals surface area contributed by atoms with E-state index in [-0.39, 0.29) is 23.4 Å². The van der Waals surface area contributed by atoms with E-state index >= 15 is 0 Å². The van der Waals surface area contributed by atoms with E-state index in [9.17, 15) is 9.59 Å². The summed E-state index contributed by atoms with van der Waals surface area (Å²) in [6, 6.07) is 9.81. The van der Waals surface area contributed by atoms with Crippen LogP contribution >= 0.6 is 11.6 Å². The number of likely N-dealkylation sites (tertiary alicyclic amines) is 1. The van der Waals surface area contributed by atoms with Gasteiger partial charge in [0.05, 0.1) is 6.54 Å². The van der Waals surface area contributed by atoms with Crippen LogP contribution in [-0.2, 0) is 16.1 Å². The molecule has 2 amide bonds. The topological polar surface area (TPSA) is 40.6 Å². The van der Waals surface area contributed by atoms with Crippen molar-refractivity contribution < 1.29 is 9.59 Å². The molecule has 0 aliphatic carbocycles. The van der Waals surface area contributed by atoms with Gasteiger partial charge >= 0.3 is 0 Å². The molecule has 1 fully saturated rings. The molecule has 0 saturated carbocycles. The van der Waals surface area contributed by atoms with Crippen LogP contribution in [0, 0.1) is 0 Å². The maximum Gasteiger partial charge on any atom is 0.279 e. The Morgan fingerprint density at radius 2 is 1.87 bits per heavy atom. The average Bonchev–Trinajstić information content (AvgIpc) is 2.79. The Balaban J connectivity index is 1.84. The Morgan fingerprint density at radius 3 is 2.57 bits per heavy atom. The number of piperidine rings is 1. The molecule has 4 nitrogen and oxygen atoms in total. The van der Waals surface area contributed by atoms with Gasteiger partial charge in [0, 0.05) is 12.6 Å². The van der Waals surface area contributed by atoms with Crippen molar-refractivity contribution >= 4 is 23.4 Å². The summed E-state index contributed by atoms with van der Waals surface area (Å²) < 4.78 is 0. The summed E-state index contributed by atoms with van der Waals surface area (Å²) in [7, 11) is 0. The largest absolute Gasteiger partial charge is 0.363 e. The van der Waals surface area contributed by atoms with E-state index in [1.165, 1.54) is 4.90 Å². The van der Waals surface area contributed by atoms with Gasteiger partial charge in [0.25, 0.3) is 11.8 Å². The lowest BCUT2D eigenvalue weighted by molar-refractivity contribution is -0.138. The van der Waals surface area contributed by atoms with Crippen LogP contribution in [0.3, 0.4) is 0 Å². The predicted octanol–water partition coefficient (Wildman–Crippen LogP) is 3.27. The molecule has 5 heteroatoms. The maximum atomic E-state index is 12.8. The van der Waals surface area contributed by atoms with Crippen LogP contribution in [0.15, 0.2) is 41.1 Å². The second-order valence-corrected chi connectivity index (χ2v) is 6.47. The quantitative estimate of drug-likeness (QED) is 0.794. The van der Waals surface area contributed by atoms with Gasteiger partial charge in [-0.2, -0.15) is 0 Å². The summed E-state index contributed by atoms with van der Waals surface area (Å²) in [6.45, 7) is 3.17. The molecule has 0 radical (unpaired) electrons. The fourth-order valence-electron chi connectivity index (χ4n) is 3.41. The van der Waals surface area contributed by atoms with Crippen molar-refractivity contribution in [2.45, 2.75) is 45.2 Å². The molecule has 2 aliphatic heterocycles. The second-order valence-electron chi connectivity index (χ2n) is 6.10. The fraction of sp³-hybridized carbons (Fsp3) is 0.444. The summed E-state index contributed by atoms with van der Waals surface area (Å²) in [5.74, 6) is -0.639. The zero-order chi connectivity index (χ0) is 16.4. The van der Waals surface area contributed by atoms with Crippen LogP contribution in [0.4, 0.5) is 0 Å². The van der Waals surface area contributed by atoms with E-state index in [1.54, 1.807) is 0 Å². The summed E-state index contributed by atoms with van der Waals surface area (Å²) in [4.78, 5) is 28.6. The molecule has 1 aromatic carbocycles. The third-order valence-corrected chi connectivity index (χ3v) is 5.00. The number of imide groups is 1. The number of carbonyl (C=O) groups is 2. The molecule has 3 rings (SSSR count). The Morgan fingerprint density at radius 1 is 1.13 bits per heavy atom. The third kappa shape index (κ3) is 3.00. The Bertz CT molecular complexity index is 642. The highest BCUT2D eigenvalue weighted by Gasteiger charge is 2.42. The van der Waals surface area contributed by atoms with E-state index in [1.807, 2.05) is 30.3 Å².